The Balaban J connectivity index is 1.81. The highest BCUT2D eigenvalue weighted by molar-refractivity contribution is 7.90. The normalized spacial score (nSPS) is 9.68. The Morgan fingerprint density at radius 3 is 1.42 bits per heavy atom. The zero-order valence-electron chi connectivity index (χ0n) is 9.81. The summed E-state index contributed by atoms with van der Waals surface area (Å²) in [6.07, 6.45) is 0. The molecule has 0 aliphatic heterocycles. The molecule has 0 amide bonds. The highest BCUT2D eigenvalue weighted by atomic mass is 32.2. The van der Waals surface area contributed by atoms with Crippen LogP contribution in [0.1, 0.15) is 20.7 Å². The lowest BCUT2D eigenvalue weighted by atomic mass is 10.2. The summed E-state index contributed by atoms with van der Waals surface area (Å²) in [5, 5.41) is 0. The van der Waals surface area contributed by atoms with Crippen molar-refractivity contribution in [3.8, 4) is 0 Å². The van der Waals surface area contributed by atoms with Gasteiger partial charge in [-0.15, -0.1) is 0 Å². The minimum atomic E-state index is -0.563. The third kappa shape index (κ3) is 3.86. The van der Waals surface area contributed by atoms with Gasteiger partial charge in [-0.2, -0.15) is 0 Å². The van der Waals surface area contributed by atoms with Crippen molar-refractivity contribution >= 4 is 24.3 Å². The van der Waals surface area contributed by atoms with Crippen LogP contribution in [0.4, 0.5) is 0 Å². The molecule has 0 atom stereocenters. The summed E-state index contributed by atoms with van der Waals surface area (Å²) in [7, 11) is 0. The molecule has 0 saturated heterocycles. The summed E-state index contributed by atoms with van der Waals surface area (Å²) < 4.78 is 9.51. The largest absolute Gasteiger partial charge is 0.352 e. The van der Waals surface area contributed by atoms with Crippen molar-refractivity contribution in [2.75, 3.05) is 0 Å². The Morgan fingerprint density at radius 2 is 1.05 bits per heavy atom. The Labute approximate surface area is 114 Å². The van der Waals surface area contributed by atoms with Crippen LogP contribution in [-0.2, 0) is 8.37 Å². The molecule has 0 N–H and O–H groups in total. The standard InChI is InChI=1S/C14H10O4S/c15-13(11-7-3-1-4-8-11)17-19-18-14(16)12-9-5-2-6-10-12/h1-10H. The molecule has 0 radical (unpaired) electrons. The van der Waals surface area contributed by atoms with E-state index in [0.29, 0.717) is 23.5 Å². The lowest BCUT2D eigenvalue weighted by molar-refractivity contribution is 0.0703. The molecule has 0 fully saturated rings. The fourth-order valence-corrected chi connectivity index (χ4v) is 1.67. The third-order valence-corrected chi connectivity index (χ3v) is 2.68. The SMILES string of the molecule is O=C(OSOC(=O)c1ccccc1)c1ccccc1. The van der Waals surface area contributed by atoms with Gasteiger partial charge in [0.2, 0.25) is 0 Å². The van der Waals surface area contributed by atoms with Gasteiger partial charge in [0.1, 0.15) is 0 Å². The van der Waals surface area contributed by atoms with Crippen LogP contribution >= 0.6 is 12.3 Å². The molecule has 19 heavy (non-hydrogen) atoms. The fourth-order valence-electron chi connectivity index (χ4n) is 1.32. The first-order chi connectivity index (χ1) is 9.27. The maximum absolute atomic E-state index is 11.5. The van der Waals surface area contributed by atoms with E-state index in [2.05, 4.69) is 0 Å². The van der Waals surface area contributed by atoms with Gasteiger partial charge in [-0.3, -0.25) is 0 Å². The van der Waals surface area contributed by atoms with Crippen molar-refractivity contribution in [1.29, 1.82) is 0 Å². The molecule has 4 nitrogen and oxygen atoms in total. The highest BCUT2D eigenvalue weighted by Crippen LogP contribution is 2.13. The van der Waals surface area contributed by atoms with Crippen molar-refractivity contribution in [3.05, 3.63) is 71.8 Å². The minimum absolute atomic E-state index is 0.360. The van der Waals surface area contributed by atoms with Crippen molar-refractivity contribution in [2.45, 2.75) is 0 Å². The molecule has 0 aliphatic carbocycles. The monoisotopic (exact) mass is 274 g/mol. The van der Waals surface area contributed by atoms with Crippen LogP contribution in [0.3, 0.4) is 0 Å². The summed E-state index contributed by atoms with van der Waals surface area (Å²) in [6.45, 7) is 0. The Hall–Kier alpha value is -2.27. The van der Waals surface area contributed by atoms with Crippen molar-refractivity contribution in [2.24, 2.45) is 0 Å². The molecule has 0 aromatic heterocycles. The van der Waals surface area contributed by atoms with E-state index in [0.717, 1.165) is 0 Å². The van der Waals surface area contributed by atoms with Crippen LogP contribution in [0.25, 0.3) is 0 Å². The molecular formula is C14H10O4S. The topological polar surface area (TPSA) is 52.6 Å². The second kappa shape index (κ2) is 6.61. The molecule has 0 unspecified atom stereocenters. The summed E-state index contributed by atoms with van der Waals surface area (Å²) >= 11 is 0.360. The Kier molecular flexibility index (Phi) is 4.58. The van der Waals surface area contributed by atoms with Crippen LogP contribution < -0.4 is 0 Å². The zero-order chi connectivity index (χ0) is 13.5. The van der Waals surface area contributed by atoms with E-state index < -0.39 is 11.9 Å². The second-order valence-corrected chi connectivity index (χ2v) is 4.01. The Morgan fingerprint density at radius 1 is 0.684 bits per heavy atom. The van der Waals surface area contributed by atoms with Gasteiger partial charge in [0.15, 0.2) is 0 Å². The molecule has 2 aromatic carbocycles. The number of rotatable bonds is 4. The summed E-state index contributed by atoms with van der Waals surface area (Å²) in [6, 6.07) is 16.9. The second-order valence-electron chi connectivity index (χ2n) is 3.54. The van der Waals surface area contributed by atoms with Crippen LogP contribution in [0.5, 0.6) is 0 Å². The summed E-state index contributed by atoms with van der Waals surface area (Å²) in [4.78, 5) is 23.1. The van der Waals surface area contributed by atoms with E-state index in [1.807, 2.05) is 0 Å². The van der Waals surface area contributed by atoms with E-state index >= 15 is 0 Å². The first kappa shape index (κ1) is 13.2. The van der Waals surface area contributed by atoms with Gasteiger partial charge in [-0.25, -0.2) is 9.59 Å². The van der Waals surface area contributed by atoms with E-state index in [1.54, 1.807) is 60.7 Å². The first-order valence-corrected chi connectivity index (χ1v) is 6.14. The molecule has 0 aliphatic rings. The van der Waals surface area contributed by atoms with Crippen LogP contribution in [-0.4, -0.2) is 11.9 Å². The molecular weight excluding hydrogens is 264 g/mol. The maximum Gasteiger partial charge on any atom is 0.352 e. The van der Waals surface area contributed by atoms with E-state index in [4.69, 9.17) is 8.37 Å². The predicted octanol–water partition coefficient (Wildman–Crippen LogP) is 3.26. The van der Waals surface area contributed by atoms with E-state index in [9.17, 15) is 9.59 Å². The van der Waals surface area contributed by atoms with Gasteiger partial charge in [0, 0.05) is 0 Å². The van der Waals surface area contributed by atoms with Gasteiger partial charge in [0.25, 0.3) is 12.3 Å². The molecule has 0 heterocycles. The number of hydrogen-bond donors (Lipinski definition) is 0. The van der Waals surface area contributed by atoms with Gasteiger partial charge in [-0.05, 0) is 24.3 Å². The van der Waals surface area contributed by atoms with Gasteiger partial charge >= 0.3 is 11.9 Å². The van der Waals surface area contributed by atoms with Gasteiger partial charge in [-0.1, -0.05) is 36.4 Å². The molecule has 0 saturated carbocycles. The quantitative estimate of drug-likeness (QED) is 0.801. The third-order valence-electron chi connectivity index (χ3n) is 2.24. The highest BCUT2D eigenvalue weighted by Gasteiger charge is 2.11. The summed E-state index contributed by atoms with van der Waals surface area (Å²) in [5.74, 6) is -1.13. The zero-order valence-corrected chi connectivity index (χ0v) is 10.6. The van der Waals surface area contributed by atoms with Crippen LogP contribution in [0.2, 0.25) is 0 Å². The number of carbonyl (C=O) groups is 2. The van der Waals surface area contributed by atoms with Crippen LogP contribution in [0, 0.1) is 0 Å². The minimum Gasteiger partial charge on any atom is -0.350 e. The summed E-state index contributed by atoms with van der Waals surface area (Å²) in [5.41, 5.74) is 0.788. The molecule has 2 aromatic rings. The first-order valence-electron chi connectivity index (χ1n) is 5.47. The molecule has 96 valence electrons. The number of carbonyl (C=O) groups excluding carboxylic acids is 2. The molecule has 5 heteroatoms. The fraction of sp³-hybridized carbons (Fsp3) is 0. The smallest absolute Gasteiger partial charge is 0.350 e. The van der Waals surface area contributed by atoms with Crippen molar-refractivity contribution in [1.82, 2.24) is 0 Å². The van der Waals surface area contributed by atoms with Crippen LogP contribution in [0.15, 0.2) is 60.7 Å². The predicted molar refractivity (Wildman–Crippen MR) is 71.3 cm³/mol. The molecule has 0 spiro atoms. The van der Waals surface area contributed by atoms with E-state index in [1.165, 1.54) is 0 Å². The average Bonchev–Trinajstić information content (AvgIpc) is 2.49. The van der Waals surface area contributed by atoms with Gasteiger partial charge in [0.05, 0.1) is 11.1 Å². The molecule has 0 bridgehead atoms. The van der Waals surface area contributed by atoms with Crippen molar-refractivity contribution < 1.29 is 18.0 Å². The lowest BCUT2D eigenvalue weighted by Gasteiger charge is -2.02. The van der Waals surface area contributed by atoms with Crippen molar-refractivity contribution in [3.63, 3.8) is 0 Å². The number of hydrogen-bond acceptors (Lipinski definition) is 5. The molecule has 2 rings (SSSR count). The lowest BCUT2D eigenvalue weighted by Crippen LogP contribution is -2.03. The Bertz CT molecular complexity index is 503. The van der Waals surface area contributed by atoms with Gasteiger partial charge < -0.3 is 8.37 Å². The number of benzene rings is 2. The maximum atomic E-state index is 11.5. The average molecular weight is 274 g/mol. The van der Waals surface area contributed by atoms with E-state index in [-0.39, 0.29) is 0 Å².